The van der Waals surface area contributed by atoms with Gasteiger partial charge in [0.2, 0.25) is 0 Å². The Kier molecular flexibility index (Phi) is 10.0. The second kappa shape index (κ2) is 14.6. The van der Waals surface area contributed by atoms with Gasteiger partial charge in [-0.05, 0) is 94.0 Å². The minimum atomic E-state index is -0.598. The van der Waals surface area contributed by atoms with Crippen LogP contribution in [0.25, 0.3) is 0 Å². The molecule has 0 bridgehead atoms. The highest BCUT2D eigenvalue weighted by Gasteiger charge is 2.36. The number of aryl methyl sites for hydroxylation is 2. The number of aromatic nitrogens is 4. The van der Waals surface area contributed by atoms with Gasteiger partial charge in [-0.3, -0.25) is 9.59 Å². The van der Waals surface area contributed by atoms with Crippen molar-refractivity contribution in [3.63, 3.8) is 0 Å². The Labute approximate surface area is 317 Å². The predicted molar refractivity (Wildman–Crippen MR) is 204 cm³/mol. The van der Waals surface area contributed by atoms with Gasteiger partial charge in [0.25, 0.3) is 11.8 Å². The van der Waals surface area contributed by atoms with E-state index in [9.17, 15) is 23.2 Å². The number of amides is 1. The molecule has 0 spiro atoms. The zero-order chi connectivity index (χ0) is 39.3. The molecule has 14 nitrogen and oxygen atoms in total. The van der Waals surface area contributed by atoms with Crippen molar-refractivity contribution in [2.24, 2.45) is 0 Å². The molecule has 4 aliphatic heterocycles. The SMILES string of the molecule is Cc1cc(F)cc2c1NCCC2C(=O)n1nc(N)c2c1CCN(C(=O)OC(C)(C)C)C2.Cc1cc(F)cc2c1NCCC2C(=O)n1nc(N)c2c1CCNC2. The maximum atomic E-state index is 14.1. The van der Waals surface area contributed by atoms with E-state index in [4.69, 9.17) is 16.2 Å². The number of benzene rings is 2. The Balaban J connectivity index is 0.000000174. The molecule has 16 heteroatoms. The van der Waals surface area contributed by atoms with Crippen molar-refractivity contribution in [2.75, 3.05) is 48.3 Å². The van der Waals surface area contributed by atoms with Crippen LogP contribution in [0.4, 0.5) is 36.6 Å². The van der Waals surface area contributed by atoms with Gasteiger partial charge in [0.05, 0.1) is 29.8 Å². The number of nitrogen functional groups attached to an aromatic ring is 2. The van der Waals surface area contributed by atoms with Crippen molar-refractivity contribution >= 4 is 40.9 Å². The van der Waals surface area contributed by atoms with E-state index in [1.165, 1.54) is 33.6 Å². The van der Waals surface area contributed by atoms with Crippen LogP contribution in [0.3, 0.4) is 0 Å². The van der Waals surface area contributed by atoms with Crippen LogP contribution in [-0.4, -0.2) is 74.1 Å². The molecule has 6 heterocycles. The van der Waals surface area contributed by atoms with Crippen LogP contribution in [0.15, 0.2) is 24.3 Å². The Bertz CT molecular complexity index is 2190. The molecule has 2 unspecified atom stereocenters. The summed E-state index contributed by atoms with van der Waals surface area (Å²) >= 11 is 0. The molecule has 4 aromatic rings. The molecule has 4 aliphatic rings. The van der Waals surface area contributed by atoms with E-state index in [0.717, 1.165) is 40.3 Å². The van der Waals surface area contributed by atoms with Gasteiger partial charge in [-0.15, -0.1) is 10.2 Å². The fourth-order valence-electron chi connectivity index (χ4n) is 8.04. The van der Waals surface area contributed by atoms with Crippen molar-refractivity contribution in [3.05, 3.63) is 80.7 Å². The van der Waals surface area contributed by atoms with E-state index in [0.29, 0.717) is 80.1 Å². The van der Waals surface area contributed by atoms with Crippen molar-refractivity contribution in [2.45, 2.75) is 90.8 Å². The van der Waals surface area contributed by atoms with Crippen molar-refractivity contribution in [1.29, 1.82) is 0 Å². The summed E-state index contributed by atoms with van der Waals surface area (Å²) in [7, 11) is 0. The maximum Gasteiger partial charge on any atom is 0.410 e. The fraction of sp³-hybridized carbons (Fsp3) is 0.462. The molecule has 2 atom stereocenters. The summed E-state index contributed by atoms with van der Waals surface area (Å²) in [6, 6.07) is 5.81. The Morgan fingerprint density at radius 2 is 1.29 bits per heavy atom. The molecular formula is C39H48F2N10O4. The first-order chi connectivity index (χ1) is 26.1. The standard InChI is InChI=1S/C22H28FN5O3.C17H20FN5O/c1-12-9-13(23)10-15-14(5-7-25-18(12)15)20(29)28-17-6-8-27(11-16(17)19(24)26-28)21(30)31-22(2,3)4;1-9-6-10(18)7-12-11(2-5-21-15(9)12)17(24)23-14-3-4-20-8-13(14)16(19)22-23/h9-10,14,25H,5-8,11H2,1-4H3,(H2,24,26);6-7,11,20-21H,2-5,8H2,1H3,(H2,19,22). The monoisotopic (exact) mass is 758 g/mol. The number of hydrogen-bond donors (Lipinski definition) is 5. The highest BCUT2D eigenvalue weighted by Crippen LogP contribution is 2.38. The molecule has 0 saturated heterocycles. The molecule has 2 aromatic carbocycles. The summed E-state index contributed by atoms with van der Waals surface area (Å²) in [5.41, 5.74) is 19.2. The second-order valence-electron chi connectivity index (χ2n) is 15.6. The lowest BCUT2D eigenvalue weighted by molar-refractivity contribution is 0.0223. The Morgan fingerprint density at radius 1 is 0.782 bits per heavy atom. The number of halogens is 2. The van der Waals surface area contributed by atoms with E-state index in [1.54, 1.807) is 4.90 Å². The molecule has 0 aliphatic carbocycles. The largest absolute Gasteiger partial charge is 0.444 e. The fourth-order valence-corrected chi connectivity index (χ4v) is 8.04. The summed E-state index contributed by atoms with van der Waals surface area (Å²) in [5, 5.41) is 18.4. The molecule has 8 rings (SSSR count). The first kappa shape index (κ1) is 37.8. The number of nitrogens with zero attached hydrogens (tertiary/aromatic N) is 5. The minimum absolute atomic E-state index is 0.127. The maximum absolute atomic E-state index is 14.1. The lowest BCUT2D eigenvalue weighted by Gasteiger charge is -2.31. The summed E-state index contributed by atoms with van der Waals surface area (Å²) in [6.07, 6.45) is 1.87. The number of ether oxygens (including phenoxy) is 1. The van der Waals surface area contributed by atoms with Gasteiger partial charge in [0, 0.05) is 68.1 Å². The molecule has 0 saturated carbocycles. The lowest BCUT2D eigenvalue weighted by Crippen LogP contribution is -2.40. The van der Waals surface area contributed by atoms with Gasteiger partial charge < -0.3 is 37.1 Å². The van der Waals surface area contributed by atoms with E-state index in [-0.39, 0.29) is 35.8 Å². The molecule has 0 radical (unpaired) electrons. The normalized spacial score (nSPS) is 18.6. The highest BCUT2D eigenvalue weighted by molar-refractivity contribution is 5.90. The number of hydrogen-bond acceptors (Lipinski definition) is 11. The second-order valence-corrected chi connectivity index (χ2v) is 15.6. The first-order valence-corrected chi connectivity index (χ1v) is 18.7. The van der Waals surface area contributed by atoms with Crippen LogP contribution in [0.5, 0.6) is 0 Å². The highest BCUT2D eigenvalue weighted by atomic mass is 19.1. The summed E-state index contributed by atoms with van der Waals surface area (Å²) in [5.74, 6) is -1.35. The number of nitrogens with one attached hydrogen (secondary N) is 3. The Morgan fingerprint density at radius 3 is 1.82 bits per heavy atom. The quantitative estimate of drug-likeness (QED) is 0.180. The van der Waals surface area contributed by atoms with Crippen molar-refractivity contribution < 1.29 is 27.9 Å². The number of rotatable bonds is 2. The van der Waals surface area contributed by atoms with Gasteiger partial charge in [-0.1, -0.05) is 0 Å². The topological polar surface area (TPSA) is 187 Å². The average molecular weight is 759 g/mol. The molecule has 2 aromatic heterocycles. The average Bonchev–Trinajstić information content (AvgIpc) is 3.66. The molecule has 1 amide bonds. The van der Waals surface area contributed by atoms with Gasteiger partial charge in [-0.2, -0.15) is 0 Å². The molecule has 7 N–H and O–H groups in total. The van der Waals surface area contributed by atoms with Crippen LogP contribution in [0.2, 0.25) is 0 Å². The first-order valence-electron chi connectivity index (χ1n) is 18.7. The van der Waals surface area contributed by atoms with Crippen molar-refractivity contribution in [1.82, 2.24) is 29.8 Å². The van der Waals surface area contributed by atoms with Crippen LogP contribution < -0.4 is 27.4 Å². The van der Waals surface area contributed by atoms with E-state index < -0.39 is 23.5 Å². The van der Waals surface area contributed by atoms with Crippen LogP contribution in [0.1, 0.15) is 99.8 Å². The molecule has 292 valence electrons. The lowest BCUT2D eigenvalue weighted by atomic mass is 9.88. The van der Waals surface area contributed by atoms with E-state index in [2.05, 4.69) is 26.1 Å². The summed E-state index contributed by atoms with van der Waals surface area (Å²) in [4.78, 5) is 40.6. The minimum Gasteiger partial charge on any atom is -0.444 e. The zero-order valence-electron chi connectivity index (χ0n) is 31.8. The van der Waals surface area contributed by atoms with Gasteiger partial charge >= 0.3 is 6.09 Å². The molecule has 0 fully saturated rings. The predicted octanol–water partition coefficient (Wildman–Crippen LogP) is 5.24. The third-order valence-corrected chi connectivity index (χ3v) is 10.6. The number of anilines is 4. The van der Waals surface area contributed by atoms with E-state index >= 15 is 0 Å². The van der Waals surface area contributed by atoms with Crippen LogP contribution in [-0.2, 0) is 30.7 Å². The number of carbonyl (C=O) groups is 3. The summed E-state index contributed by atoms with van der Waals surface area (Å²) in [6.45, 7) is 12.5. The number of nitrogens with two attached hydrogens (primary N) is 2. The summed E-state index contributed by atoms with van der Waals surface area (Å²) < 4.78 is 36.2. The third kappa shape index (κ3) is 7.34. The Hall–Kier alpha value is -5.51. The van der Waals surface area contributed by atoms with Crippen LogP contribution >= 0.6 is 0 Å². The van der Waals surface area contributed by atoms with Gasteiger partial charge in [-0.25, -0.2) is 22.9 Å². The van der Waals surface area contributed by atoms with Crippen molar-refractivity contribution in [3.8, 4) is 0 Å². The number of fused-ring (bicyclic) bond motifs is 4. The van der Waals surface area contributed by atoms with Crippen LogP contribution in [0, 0.1) is 25.5 Å². The zero-order valence-corrected chi connectivity index (χ0v) is 31.8. The number of carbonyl (C=O) groups excluding carboxylic acids is 3. The molecule has 55 heavy (non-hydrogen) atoms. The van der Waals surface area contributed by atoms with Gasteiger partial charge in [0.1, 0.15) is 17.2 Å². The third-order valence-electron chi connectivity index (χ3n) is 10.6. The molecular weight excluding hydrogens is 710 g/mol. The smallest absolute Gasteiger partial charge is 0.410 e. The van der Waals surface area contributed by atoms with Gasteiger partial charge in [0.15, 0.2) is 11.6 Å². The van der Waals surface area contributed by atoms with E-state index in [1.807, 2.05) is 34.6 Å².